The summed E-state index contributed by atoms with van der Waals surface area (Å²) in [7, 11) is -3.55. The normalized spacial score (nSPS) is 15.6. The second-order valence-electron chi connectivity index (χ2n) is 3.10. The number of cyclic esters (lactones) is 1. The summed E-state index contributed by atoms with van der Waals surface area (Å²) in [6.45, 7) is 7.74. The first-order valence-electron chi connectivity index (χ1n) is 5.33. The van der Waals surface area contributed by atoms with Crippen LogP contribution in [0.5, 0.6) is 0 Å². The van der Waals surface area contributed by atoms with Crippen molar-refractivity contribution in [2.75, 3.05) is 26.4 Å². The molecule has 1 fully saturated rings. The smallest absolute Gasteiger partial charge is 0.415 e. The van der Waals surface area contributed by atoms with Crippen molar-refractivity contribution in [3.63, 3.8) is 0 Å². The quantitative estimate of drug-likeness (QED) is 0.542. The molecule has 6 nitrogen and oxygen atoms in total. The molecule has 0 unspecified atom stereocenters. The third-order valence-electron chi connectivity index (χ3n) is 2.03. The lowest BCUT2D eigenvalue weighted by atomic mass is 10.6. The zero-order valence-electron chi connectivity index (χ0n) is 9.97. The minimum absolute atomic E-state index is 0.0173. The highest BCUT2D eigenvalue weighted by molar-refractivity contribution is 7.58. The van der Waals surface area contributed by atoms with Gasteiger partial charge in [-0.1, -0.05) is 12.3 Å². The molecule has 0 aliphatic carbocycles. The summed E-state index contributed by atoms with van der Waals surface area (Å²) in [6.07, 6.45) is -0.587. The Morgan fingerprint density at radius 2 is 2.12 bits per heavy atom. The number of amides is 1. The van der Waals surface area contributed by atoms with Crippen LogP contribution >= 0.6 is 7.60 Å². The van der Waals surface area contributed by atoms with E-state index in [4.69, 9.17) is 13.8 Å². The molecule has 7 heteroatoms. The maximum Gasteiger partial charge on any atom is 0.415 e. The fraction of sp³-hybridized carbons (Fsp3) is 0.600. The SMILES string of the molecule is C=C=C(N1CCOC1=O)P(=O)(OCC)OCC. The van der Waals surface area contributed by atoms with Crippen molar-refractivity contribution in [1.29, 1.82) is 0 Å². The Balaban J connectivity index is 3.02. The van der Waals surface area contributed by atoms with Gasteiger partial charge in [0.2, 0.25) is 0 Å². The lowest BCUT2D eigenvalue weighted by Gasteiger charge is -2.22. The van der Waals surface area contributed by atoms with Crippen molar-refractivity contribution in [3.05, 3.63) is 17.7 Å². The van der Waals surface area contributed by atoms with Gasteiger partial charge in [-0.25, -0.2) is 4.79 Å². The minimum atomic E-state index is -3.55. The predicted octanol–water partition coefficient (Wildman–Crippen LogP) is 2.33. The summed E-state index contributed by atoms with van der Waals surface area (Å²) in [6, 6.07) is 0. The molecule has 1 saturated heterocycles. The Hall–Kier alpha value is -1.06. The van der Waals surface area contributed by atoms with Gasteiger partial charge < -0.3 is 13.8 Å². The zero-order valence-corrected chi connectivity index (χ0v) is 10.9. The van der Waals surface area contributed by atoms with Crippen molar-refractivity contribution in [3.8, 4) is 0 Å². The first kappa shape index (κ1) is 14.0. The maximum absolute atomic E-state index is 12.4. The van der Waals surface area contributed by atoms with E-state index in [0.717, 1.165) is 0 Å². The van der Waals surface area contributed by atoms with Crippen LogP contribution in [0.4, 0.5) is 4.79 Å². The molecule has 0 radical (unpaired) electrons. The molecular formula is C10H16NO5P. The van der Waals surface area contributed by atoms with Gasteiger partial charge in [0, 0.05) is 0 Å². The second-order valence-corrected chi connectivity index (χ2v) is 5.03. The number of carbonyl (C=O) groups excluding carboxylic acids is 1. The molecule has 0 aromatic rings. The summed E-state index contributed by atoms with van der Waals surface area (Å²) in [5.41, 5.74) is 2.48. The lowest BCUT2D eigenvalue weighted by molar-refractivity contribution is 0.162. The van der Waals surface area contributed by atoms with E-state index in [1.54, 1.807) is 13.8 Å². The van der Waals surface area contributed by atoms with Gasteiger partial charge in [-0.2, -0.15) is 0 Å². The van der Waals surface area contributed by atoms with Crippen molar-refractivity contribution in [1.82, 2.24) is 4.90 Å². The van der Waals surface area contributed by atoms with E-state index in [-0.39, 0.29) is 25.3 Å². The number of carbonyl (C=O) groups is 1. The van der Waals surface area contributed by atoms with Crippen LogP contribution in [0.1, 0.15) is 13.8 Å². The number of hydrogen-bond acceptors (Lipinski definition) is 5. The van der Waals surface area contributed by atoms with Gasteiger partial charge in [0.1, 0.15) is 6.61 Å². The molecule has 0 bridgehead atoms. The second kappa shape index (κ2) is 6.03. The molecule has 0 atom stereocenters. The Labute approximate surface area is 100 Å². The topological polar surface area (TPSA) is 65.1 Å². The average molecular weight is 261 g/mol. The molecule has 0 aromatic heterocycles. The summed E-state index contributed by atoms with van der Waals surface area (Å²) in [4.78, 5) is 12.6. The number of hydrogen-bond donors (Lipinski definition) is 0. The lowest BCUT2D eigenvalue weighted by Crippen LogP contribution is -2.24. The number of rotatable bonds is 6. The van der Waals surface area contributed by atoms with Crippen LogP contribution in [0, 0.1) is 0 Å². The summed E-state index contributed by atoms with van der Waals surface area (Å²) >= 11 is 0. The highest BCUT2D eigenvalue weighted by Gasteiger charge is 2.39. The molecule has 1 aliphatic heterocycles. The first-order valence-corrected chi connectivity index (χ1v) is 6.87. The standard InChI is InChI=1S/C10H16NO5P/c1-4-9(11-7-8-14-10(11)12)17(13,15-5-2)16-6-3/h1,5-8H2,2-3H3. The molecule has 0 saturated carbocycles. The van der Waals surface area contributed by atoms with Crippen LogP contribution in [0.25, 0.3) is 0 Å². The van der Waals surface area contributed by atoms with Crippen LogP contribution in [0.15, 0.2) is 17.7 Å². The fourth-order valence-electron chi connectivity index (χ4n) is 1.43. The van der Waals surface area contributed by atoms with Gasteiger partial charge in [0.25, 0.3) is 0 Å². The van der Waals surface area contributed by atoms with Crippen molar-refractivity contribution >= 4 is 13.7 Å². The van der Waals surface area contributed by atoms with Crippen molar-refractivity contribution in [2.24, 2.45) is 0 Å². The predicted molar refractivity (Wildman–Crippen MR) is 61.6 cm³/mol. The van der Waals surface area contributed by atoms with Crippen LogP contribution < -0.4 is 0 Å². The highest BCUT2D eigenvalue weighted by atomic mass is 31.2. The van der Waals surface area contributed by atoms with E-state index in [0.29, 0.717) is 6.54 Å². The fourth-order valence-corrected chi connectivity index (χ4v) is 3.10. The van der Waals surface area contributed by atoms with E-state index < -0.39 is 13.7 Å². The van der Waals surface area contributed by atoms with Crippen LogP contribution in [-0.2, 0) is 18.3 Å². The van der Waals surface area contributed by atoms with Crippen LogP contribution in [0.3, 0.4) is 0 Å². The Bertz CT molecular complexity index is 378. The van der Waals surface area contributed by atoms with E-state index in [9.17, 15) is 9.36 Å². The van der Waals surface area contributed by atoms with Crippen LogP contribution in [-0.4, -0.2) is 37.4 Å². The monoisotopic (exact) mass is 261 g/mol. The third-order valence-corrected chi connectivity index (χ3v) is 4.15. The van der Waals surface area contributed by atoms with Gasteiger partial charge >= 0.3 is 13.7 Å². The molecule has 0 aromatic carbocycles. The minimum Gasteiger partial charge on any atom is -0.447 e. The maximum atomic E-state index is 12.4. The molecule has 1 heterocycles. The van der Waals surface area contributed by atoms with Crippen LogP contribution in [0.2, 0.25) is 0 Å². The molecule has 1 amide bonds. The Kier molecular flexibility index (Phi) is 4.97. The summed E-state index contributed by atoms with van der Waals surface area (Å²) in [5, 5.41) is 0. The van der Waals surface area contributed by atoms with Gasteiger partial charge in [-0.3, -0.25) is 9.46 Å². The molecular weight excluding hydrogens is 245 g/mol. The van der Waals surface area contributed by atoms with Crippen molar-refractivity contribution < 1.29 is 23.1 Å². The third kappa shape index (κ3) is 2.99. The van der Waals surface area contributed by atoms with E-state index in [1.807, 2.05) is 0 Å². The zero-order chi connectivity index (χ0) is 12.9. The first-order chi connectivity index (χ1) is 8.09. The van der Waals surface area contributed by atoms with E-state index >= 15 is 0 Å². The summed E-state index contributed by atoms with van der Waals surface area (Å²) in [5.74, 6) is 0. The Morgan fingerprint density at radius 3 is 2.47 bits per heavy atom. The average Bonchev–Trinajstić information content (AvgIpc) is 2.66. The van der Waals surface area contributed by atoms with Gasteiger partial charge in [0.05, 0.1) is 19.8 Å². The molecule has 1 rings (SSSR count). The van der Waals surface area contributed by atoms with Gasteiger partial charge in [-0.15, -0.1) is 0 Å². The largest absolute Gasteiger partial charge is 0.447 e. The van der Waals surface area contributed by atoms with Crippen molar-refractivity contribution in [2.45, 2.75) is 13.8 Å². The van der Waals surface area contributed by atoms with Gasteiger partial charge in [-0.05, 0) is 13.8 Å². The van der Waals surface area contributed by atoms with E-state index in [2.05, 4.69) is 12.3 Å². The molecule has 0 N–H and O–H groups in total. The van der Waals surface area contributed by atoms with Gasteiger partial charge in [0.15, 0.2) is 5.44 Å². The molecule has 0 spiro atoms. The van der Waals surface area contributed by atoms with E-state index in [1.165, 1.54) is 4.90 Å². The highest BCUT2D eigenvalue weighted by Crippen LogP contribution is 2.57. The Morgan fingerprint density at radius 1 is 1.53 bits per heavy atom. The molecule has 1 aliphatic rings. The number of nitrogens with zero attached hydrogens (tertiary/aromatic N) is 1. The number of ether oxygens (including phenoxy) is 1. The summed E-state index contributed by atoms with van der Waals surface area (Å²) < 4.78 is 27.5. The molecule has 17 heavy (non-hydrogen) atoms. The molecule has 96 valence electrons.